The number of ether oxygens (including phenoxy) is 1. The number of carbonyl (C=O) groups is 1. The molecule has 0 radical (unpaired) electrons. The first kappa shape index (κ1) is 26.5. The molecule has 0 amide bonds. The van der Waals surface area contributed by atoms with Crippen molar-refractivity contribution >= 4 is 5.97 Å². The third-order valence-corrected chi connectivity index (χ3v) is 5.89. The summed E-state index contributed by atoms with van der Waals surface area (Å²) in [6, 6.07) is 6.36. The molecule has 1 atom stereocenters. The van der Waals surface area contributed by atoms with Crippen molar-refractivity contribution in [3.63, 3.8) is 0 Å². The Morgan fingerprint density at radius 3 is 1.53 bits per heavy atom. The fourth-order valence-electron chi connectivity index (χ4n) is 3.91. The molecule has 0 spiro atoms. The van der Waals surface area contributed by atoms with Crippen LogP contribution in [-0.4, -0.2) is 17.2 Å². The van der Waals surface area contributed by atoms with Gasteiger partial charge in [-0.1, -0.05) is 97.3 Å². The van der Waals surface area contributed by atoms with Crippen LogP contribution in [0.3, 0.4) is 0 Å². The predicted molar refractivity (Wildman–Crippen MR) is 127 cm³/mol. The molecule has 3 nitrogen and oxygen atoms in total. The number of phenolic OH excluding ortho intramolecular Hbond substituents is 1. The minimum atomic E-state index is -0.262. The van der Waals surface area contributed by atoms with E-state index in [1.54, 1.807) is 24.3 Å². The van der Waals surface area contributed by atoms with E-state index in [1.165, 1.54) is 83.5 Å². The molecule has 0 bridgehead atoms. The largest absolute Gasteiger partial charge is 0.508 e. The highest BCUT2D eigenvalue weighted by Gasteiger charge is 2.16. The van der Waals surface area contributed by atoms with E-state index in [0.717, 1.165) is 25.7 Å². The van der Waals surface area contributed by atoms with Crippen LogP contribution in [0, 0.1) is 0 Å². The fraction of sp³-hybridized carbons (Fsp3) is 0.741. The van der Waals surface area contributed by atoms with Crippen molar-refractivity contribution in [3.05, 3.63) is 29.8 Å². The van der Waals surface area contributed by atoms with Crippen molar-refractivity contribution in [1.82, 2.24) is 0 Å². The smallest absolute Gasteiger partial charge is 0.338 e. The van der Waals surface area contributed by atoms with E-state index in [-0.39, 0.29) is 17.8 Å². The quantitative estimate of drug-likeness (QED) is 0.181. The molecule has 0 aromatic heterocycles. The maximum Gasteiger partial charge on any atom is 0.338 e. The molecule has 0 aliphatic carbocycles. The average molecular weight is 419 g/mol. The Morgan fingerprint density at radius 1 is 0.700 bits per heavy atom. The molecule has 0 fully saturated rings. The molecule has 0 aliphatic heterocycles. The van der Waals surface area contributed by atoms with Crippen LogP contribution < -0.4 is 0 Å². The third kappa shape index (κ3) is 13.7. The Balaban J connectivity index is 2.34. The Morgan fingerprint density at radius 2 is 1.10 bits per heavy atom. The molecule has 1 aromatic carbocycles. The first-order valence-electron chi connectivity index (χ1n) is 12.7. The number of unbranched alkanes of at least 4 members (excludes halogenated alkanes) is 13. The number of esters is 1. The Labute approximate surface area is 185 Å². The van der Waals surface area contributed by atoms with Crippen molar-refractivity contribution < 1.29 is 14.6 Å². The number of aromatic hydroxyl groups is 1. The summed E-state index contributed by atoms with van der Waals surface area (Å²) < 4.78 is 5.86. The Hall–Kier alpha value is -1.51. The second-order valence-electron chi connectivity index (χ2n) is 8.75. The zero-order valence-corrected chi connectivity index (χ0v) is 19.7. The van der Waals surface area contributed by atoms with Gasteiger partial charge in [-0.3, -0.25) is 0 Å². The van der Waals surface area contributed by atoms with Gasteiger partial charge in [-0.15, -0.1) is 0 Å². The van der Waals surface area contributed by atoms with Gasteiger partial charge < -0.3 is 9.84 Å². The highest BCUT2D eigenvalue weighted by molar-refractivity contribution is 5.89. The van der Waals surface area contributed by atoms with E-state index >= 15 is 0 Å². The van der Waals surface area contributed by atoms with Gasteiger partial charge in [0.2, 0.25) is 0 Å². The maximum absolute atomic E-state index is 12.5. The zero-order valence-electron chi connectivity index (χ0n) is 19.7. The van der Waals surface area contributed by atoms with E-state index in [1.807, 2.05) is 0 Å². The summed E-state index contributed by atoms with van der Waals surface area (Å²) in [5.41, 5.74) is 0.522. The lowest BCUT2D eigenvalue weighted by molar-refractivity contribution is 0.0249. The van der Waals surface area contributed by atoms with E-state index < -0.39 is 0 Å². The van der Waals surface area contributed by atoms with Gasteiger partial charge in [-0.25, -0.2) is 4.79 Å². The molecule has 0 saturated heterocycles. The molecule has 1 unspecified atom stereocenters. The highest BCUT2D eigenvalue weighted by Crippen LogP contribution is 2.19. The lowest BCUT2D eigenvalue weighted by Crippen LogP contribution is -2.18. The van der Waals surface area contributed by atoms with Crippen molar-refractivity contribution in [2.75, 3.05) is 0 Å². The summed E-state index contributed by atoms with van der Waals surface area (Å²) in [5, 5.41) is 9.42. The molecule has 0 saturated carbocycles. The van der Waals surface area contributed by atoms with Crippen LogP contribution in [-0.2, 0) is 4.74 Å². The molecular weight excluding hydrogens is 372 g/mol. The SMILES string of the molecule is CCCCCCCCCCC(CCCCCCCCC)OC(=O)c1ccc(O)cc1. The number of hydrogen-bond acceptors (Lipinski definition) is 3. The van der Waals surface area contributed by atoms with Gasteiger partial charge >= 0.3 is 5.97 Å². The normalized spacial score (nSPS) is 12.1. The van der Waals surface area contributed by atoms with E-state index in [9.17, 15) is 9.90 Å². The topological polar surface area (TPSA) is 46.5 Å². The molecule has 30 heavy (non-hydrogen) atoms. The molecule has 0 heterocycles. The minimum Gasteiger partial charge on any atom is -0.508 e. The molecule has 1 N–H and O–H groups in total. The molecular formula is C27H46O3. The van der Waals surface area contributed by atoms with Crippen molar-refractivity contribution in [2.45, 2.75) is 129 Å². The summed E-state index contributed by atoms with van der Waals surface area (Å²) in [5.74, 6) is -0.0902. The molecule has 172 valence electrons. The van der Waals surface area contributed by atoms with Crippen molar-refractivity contribution in [2.24, 2.45) is 0 Å². The lowest BCUT2D eigenvalue weighted by Gasteiger charge is -2.18. The Bertz CT molecular complexity index is 523. The zero-order chi connectivity index (χ0) is 21.9. The van der Waals surface area contributed by atoms with Crippen LogP contribution in [0.4, 0.5) is 0 Å². The summed E-state index contributed by atoms with van der Waals surface area (Å²) in [7, 11) is 0. The summed E-state index contributed by atoms with van der Waals surface area (Å²) in [6.45, 7) is 4.50. The van der Waals surface area contributed by atoms with E-state index in [0.29, 0.717) is 5.56 Å². The van der Waals surface area contributed by atoms with Crippen LogP contribution in [0.2, 0.25) is 0 Å². The van der Waals surface area contributed by atoms with Gasteiger partial charge in [0.25, 0.3) is 0 Å². The van der Waals surface area contributed by atoms with Gasteiger partial charge in [0.1, 0.15) is 11.9 Å². The van der Waals surface area contributed by atoms with Gasteiger partial charge in [-0.05, 0) is 49.9 Å². The standard InChI is InChI=1S/C27H46O3/c1-3-5-7-9-11-13-15-17-19-26(18-16-14-12-10-8-6-4-2)30-27(29)24-20-22-25(28)23-21-24/h20-23,26,28H,3-19H2,1-2H3. The second-order valence-corrected chi connectivity index (χ2v) is 8.75. The maximum atomic E-state index is 12.5. The molecule has 0 aliphatic rings. The first-order chi connectivity index (χ1) is 14.7. The van der Waals surface area contributed by atoms with Crippen LogP contribution >= 0.6 is 0 Å². The summed E-state index contributed by atoms with van der Waals surface area (Å²) >= 11 is 0. The third-order valence-electron chi connectivity index (χ3n) is 5.89. The van der Waals surface area contributed by atoms with Crippen molar-refractivity contribution in [1.29, 1.82) is 0 Å². The van der Waals surface area contributed by atoms with Crippen LogP contribution in [0.15, 0.2) is 24.3 Å². The van der Waals surface area contributed by atoms with E-state index in [4.69, 9.17) is 4.74 Å². The van der Waals surface area contributed by atoms with Crippen LogP contribution in [0.1, 0.15) is 133 Å². The van der Waals surface area contributed by atoms with Gasteiger partial charge in [-0.2, -0.15) is 0 Å². The minimum absolute atomic E-state index is 0.0158. The van der Waals surface area contributed by atoms with E-state index in [2.05, 4.69) is 13.8 Å². The number of carbonyl (C=O) groups excluding carboxylic acids is 1. The Kier molecular flexibility index (Phi) is 16.2. The fourth-order valence-corrected chi connectivity index (χ4v) is 3.91. The molecule has 1 rings (SSSR count). The highest BCUT2D eigenvalue weighted by atomic mass is 16.5. The molecule has 1 aromatic rings. The monoisotopic (exact) mass is 418 g/mol. The number of hydrogen-bond donors (Lipinski definition) is 1. The first-order valence-corrected chi connectivity index (χ1v) is 12.7. The summed E-state index contributed by atoms with van der Waals surface area (Å²) in [4.78, 5) is 12.5. The predicted octanol–water partition coefficient (Wildman–Crippen LogP) is 8.59. The lowest BCUT2D eigenvalue weighted by atomic mass is 10.0. The van der Waals surface area contributed by atoms with Crippen molar-refractivity contribution in [3.8, 4) is 5.75 Å². The average Bonchev–Trinajstić information content (AvgIpc) is 2.75. The van der Waals surface area contributed by atoms with Crippen LogP contribution in [0.5, 0.6) is 5.75 Å². The second kappa shape index (κ2) is 18.3. The summed E-state index contributed by atoms with van der Waals surface area (Å²) in [6.07, 6.45) is 21.3. The van der Waals surface area contributed by atoms with Gasteiger partial charge in [0.05, 0.1) is 5.56 Å². The number of rotatable bonds is 19. The number of benzene rings is 1. The number of phenols is 1. The van der Waals surface area contributed by atoms with Gasteiger partial charge in [0, 0.05) is 0 Å². The van der Waals surface area contributed by atoms with Gasteiger partial charge in [0.15, 0.2) is 0 Å². The van der Waals surface area contributed by atoms with Crippen LogP contribution in [0.25, 0.3) is 0 Å². The molecule has 3 heteroatoms.